The van der Waals surface area contributed by atoms with E-state index in [9.17, 15) is 22.4 Å². The Morgan fingerprint density at radius 3 is 2.41 bits per heavy atom. The highest BCUT2D eigenvalue weighted by molar-refractivity contribution is 6.34. The predicted molar refractivity (Wildman–Crippen MR) is 120 cm³/mol. The van der Waals surface area contributed by atoms with E-state index in [-0.39, 0.29) is 27.9 Å². The van der Waals surface area contributed by atoms with Gasteiger partial charge < -0.3 is 5.32 Å². The molecule has 0 fully saturated rings. The lowest BCUT2D eigenvalue weighted by atomic mass is 9.87. The van der Waals surface area contributed by atoms with Crippen molar-refractivity contribution in [3.05, 3.63) is 75.6 Å². The summed E-state index contributed by atoms with van der Waals surface area (Å²) in [6.45, 7) is 5.99. The number of hydrogen-bond acceptors (Lipinski definition) is 2. The summed E-state index contributed by atoms with van der Waals surface area (Å²) in [5, 5.41) is 10.4. The van der Waals surface area contributed by atoms with Crippen LogP contribution >= 0.6 is 11.6 Å². The van der Waals surface area contributed by atoms with Crippen molar-refractivity contribution in [3.8, 4) is 0 Å². The number of nitrogens with one attached hydrogen (secondary N) is 2. The summed E-state index contributed by atoms with van der Waals surface area (Å²) in [5.74, 6) is -1.64. The van der Waals surface area contributed by atoms with Crippen molar-refractivity contribution in [2.75, 3.05) is 5.32 Å². The fourth-order valence-electron chi connectivity index (χ4n) is 3.55. The third-order valence-corrected chi connectivity index (χ3v) is 5.29. The lowest BCUT2D eigenvalue weighted by Gasteiger charge is -2.21. The first-order chi connectivity index (χ1) is 15.1. The highest BCUT2D eigenvalue weighted by Gasteiger charge is 2.36. The van der Waals surface area contributed by atoms with Gasteiger partial charge in [0, 0.05) is 0 Å². The number of carbonyl (C=O) groups excluding carboxylic acids is 1. The SMILES string of the molecule is CC.CC1C=C(C(=N)c2c(F)cccc2NC(=O)c2c(Cl)cccc2C(F)(F)F)CCC1. The fraction of sp³-hybridized carbons (Fsp3) is 0.333. The largest absolute Gasteiger partial charge is 0.417 e. The molecule has 2 N–H and O–H groups in total. The molecule has 0 bridgehead atoms. The Morgan fingerprint density at radius 2 is 1.78 bits per heavy atom. The quantitative estimate of drug-likeness (QED) is 0.348. The Bertz CT molecular complexity index is 1030. The van der Waals surface area contributed by atoms with Crippen LogP contribution in [0.3, 0.4) is 0 Å². The van der Waals surface area contributed by atoms with E-state index in [0.29, 0.717) is 12.0 Å². The van der Waals surface area contributed by atoms with E-state index < -0.39 is 29.0 Å². The molecule has 0 radical (unpaired) electrons. The van der Waals surface area contributed by atoms with Gasteiger partial charge in [-0.2, -0.15) is 13.2 Å². The molecule has 0 saturated heterocycles. The normalized spacial score (nSPS) is 15.9. The van der Waals surface area contributed by atoms with Crippen LogP contribution < -0.4 is 5.32 Å². The number of rotatable bonds is 4. The highest BCUT2D eigenvalue weighted by atomic mass is 35.5. The maximum absolute atomic E-state index is 14.6. The molecule has 0 aliphatic heterocycles. The van der Waals surface area contributed by atoms with Crippen LogP contribution in [0.4, 0.5) is 23.2 Å². The average Bonchev–Trinajstić information content (AvgIpc) is 2.74. The second kappa shape index (κ2) is 10.8. The van der Waals surface area contributed by atoms with Crippen LogP contribution in [0.1, 0.15) is 61.5 Å². The van der Waals surface area contributed by atoms with Crippen LogP contribution in [0.15, 0.2) is 48.0 Å². The Morgan fingerprint density at radius 1 is 1.12 bits per heavy atom. The number of anilines is 1. The zero-order valence-corrected chi connectivity index (χ0v) is 18.8. The fourth-order valence-corrected chi connectivity index (χ4v) is 3.81. The maximum atomic E-state index is 14.6. The van der Waals surface area contributed by atoms with Crippen molar-refractivity contribution >= 4 is 28.9 Å². The number of hydrogen-bond donors (Lipinski definition) is 2. The van der Waals surface area contributed by atoms with Gasteiger partial charge in [0.05, 0.1) is 33.1 Å². The molecule has 1 aliphatic carbocycles. The monoisotopic (exact) mass is 468 g/mol. The predicted octanol–water partition coefficient (Wildman–Crippen LogP) is 7.89. The number of halogens is 5. The van der Waals surface area contributed by atoms with Crippen molar-refractivity contribution in [2.45, 2.75) is 46.2 Å². The van der Waals surface area contributed by atoms with Gasteiger partial charge in [-0.05, 0) is 55.0 Å². The van der Waals surface area contributed by atoms with Crippen LogP contribution in [0.5, 0.6) is 0 Å². The minimum absolute atomic E-state index is 0.0860. The van der Waals surface area contributed by atoms with Gasteiger partial charge in [-0.15, -0.1) is 0 Å². The third-order valence-electron chi connectivity index (χ3n) is 4.97. The Balaban J connectivity index is 0.00000176. The number of carbonyl (C=O) groups is 1. The molecule has 2 aromatic rings. The number of benzene rings is 2. The van der Waals surface area contributed by atoms with Gasteiger partial charge in [-0.25, -0.2) is 4.39 Å². The van der Waals surface area contributed by atoms with Crippen molar-refractivity contribution < 1.29 is 22.4 Å². The molecule has 0 aromatic heterocycles. The number of allylic oxidation sites excluding steroid dienone is 2. The standard InChI is InChI=1S/C22H19ClF4N2O.C2H6/c1-12-5-2-6-13(11-12)20(28)19-16(24)9-4-10-17(19)29-21(30)18-14(22(25,26)27)7-3-8-15(18)23;1-2/h3-4,7-12,28H,2,5-6H2,1H3,(H,29,30);1-2H3. The molecule has 3 rings (SSSR count). The zero-order chi connectivity index (χ0) is 24.1. The molecule has 3 nitrogen and oxygen atoms in total. The number of amides is 1. The van der Waals surface area contributed by atoms with Gasteiger partial charge in [-0.3, -0.25) is 10.2 Å². The van der Waals surface area contributed by atoms with E-state index in [0.717, 1.165) is 31.0 Å². The molecule has 2 aromatic carbocycles. The first-order valence-corrected chi connectivity index (χ1v) is 10.7. The highest BCUT2D eigenvalue weighted by Crippen LogP contribution is 2.36. The topological polar surface area (TPSA) is 53.0 Å². The van der Waals surface area contributed by atoms with Crippen LogP contribution in [0.2, 0.25) is 5.02 Å². The lowest BCUT2D eigenvalue weighted by molar-refractivity contribution is -0.137. The van der Waals surface area contributed by atoms with E-state index in [1.807, 2.05) is 26.8 Å². The van der Waals surface area contributed by atoms with Gasteiger partial charge in [-0.1, -0.05) is 50.6 Å². The summed E-state index contributed by atoms with van der Waals surface area (Å²) in [4.78, 5) is 12.7. The second-order valence-corrected chi connectivity index (χ2v) is 7.62. The molecule has 0 heterocycles. The minimum atomic E-state index is -4.79. The van der Waals surface area contributed by atoms with E-state index in [4.69, 9.17) is 17.0 Å². The van der Waals surface area contributed by atoms with Crippen molar-refractivity contribution in [2.24, 2.45) is 5.92 Å². The molecule has 32 heavy (non-hydrogen) atoms. The zero-order valence-electron chi connectivity index (χ0n) is 18.0. The maximum Gasteiger partial charge on any atom is 0.417 e. The molecule has 0 spiro atoms. The summed E-state index contributed by atoms with van der Waals surface area (Å²) in [6, 6.07) is 6.83. The first-order valence-electron chi connectivity index (χ1n) is 10.3. The van der Waals surface area contributed by atoms with E-state index >= 15 is 0 Å². The molecule has 1 atom stereocenters. The minimum Gasteiger partial charge on any atom is -0.321 e. The van der Waals surface area contributed by atoms with E-state index in [1.165, 1.54) is 18.2 Å². The summed E-state index contributed by atoms with van der Waals surface area (Å²) in [6.07, 6.45) is -0.504. The molecular weight excluding hydrogens is 444 g/mol. The Labute approximate surface area is 190 Å². The molecular formula is C24H25ClF4N2O. The van der Waals surface area contributed by atoms with Crippen molar-refractivity contribution in [1.29, 1.82) is 5.41 Å². The van der Waals surface area contributed by atoms with Gasteiger partial charge in [0.2, 0.25) is 0 Å². The summed E-state index contributed by atoms with van der Waals surface area (Å²) < 4.78 is 54.6. The Kier molecular flexibility index (Phi) is 8.61. The molecule has 1 aliphatic rings. The molecule has 0 saturated carbocycles. The van der Waals surface area contributed by atoms with Crippen molar-refractivity contribution in [1.82, 2.24) is 0 Å². The number of alkyl halides is 3. The molecule has 172 valence electrons. The van der Waals surface area contributed by atoms with Gasteiger partial charge in [0.1, 0.15) is 5.82 Å². The van der Waals surface area contributed by atoms with E-state index in [2.05, 4.69) is 5.32 Å². The smallest absolute Gasteiger partial charge is 0.321 e. The van der Waals surface area contributed by atoms with Gasteiger partial charge in [0.25, 0.3) is 5.91 Å². The van der Waals surface area contributed by atoms with Crippen LogP contribution in [0, 0.1) is 17.1 Å². The lowest BCUT2D eigenvalue weighted by Crippen LogP contribution is -2.21. The van der Waals surface area contributed by atoms with Gasteiger partial charge >= 0.3 is 6.18 Å². The summed E-state index contributed by atoms with van der Waals surface area (Å²) >= 11 is 5.88. The first kappa shape index (κ1) is 25.6. The average molecular weight is 469 g/mol. The third kappa shape index (κ3) is 5.76. The summed E-state index contributed by atoms with van der Waals surface area (Å²) in [7, 11) is 0. The molecule has 1 unspecified atom stereocenters. The molecule has 8 heteroatoms. The van der Waals surface area contributed by atoms with E-state index in [1.54, 1.807) is 0 Å². The van der Waals surface area contributed by atoms with Crippen LogP contribution in [0.25, 0.3) is 0 Å². The Hall–Kier alpha value is -2.67. The summed E-state index contributed by atoms with van der Waals surface area (Å²) in [5.41, 5.74) is -1.64. The van der Waals surface area contributed by atoms with Crippen molar-refractivity contribution in [3.63, 3.8) is 0 Å². The second-order valence-electron chi connectivity index (χ2n) is 7.21. The van der Waals surface area contributed by atoms with Crippen LogP contribution in [-0.4, -0.2) is 11.6 Å². The van der Waals surface area contributed by atoms with Crippen LogP contribution in [-0.2, 0) is 6.18 Å². The van der Waals surface area contributed by atoms with Gasteiger partial charge in [0.15, 0.2) is 0 Å². The molecule has 1 amide bonds.